The lowest BCUT2D eigenvalue weighted by atomic mass is 10.2. The van der Waals surface area contributed by atoms with Gasteiger partial charge in [-0.1, -0.05) is 26.0 Å². The van der Waals surface area contributed by atoms with E-state index < -0.39 is 10.0 Å². The van der Waals surface area contributed by atoms with Gasteiger partial charge in [0.25, 0.3) is 0 Å². The van der Waals surface area contributed by atoms with Gasteiger partial charge in [0.2, 0.25) is 10.0 Å². The van der Waals surface area contributed by atoms with Gasteiger partial charge in [-0.15, -0.1) is 0 Å². The fraction of sp³-hybridized carbons (Fsp3) is 0.500. The van der Waals surface area contributed by atoms with Crippen LogP contribution in [0, 0.1) is 0 Å². The molecule has 1 rings (SSSR count). The second-order valence-electron chi connectivity index (χ2n) is 3.82. The Balaban J connectivity index is 2.98. The van der Waals surface area contributed by atoms with Crippen LogP contribution in [0.25, 0.3) is 0 Å². The second kappa shape index (κ2) is 5.46. The van der Waals surface area contributed by atoms with E-state index in [1.807, 2.05) is 26.0 Å². The Bertz CT molecular complexity index is 423. The lowest BCUT2D eigenvalue weighted by molar-refractivity contribution is 0.468. The minimum Gasteiger partial charge on any atom is -0.207 e. The summed E-state index contributed by atoms with van der Waals surface area (Å²) in [4.78, 5) is 0.376. The summed E-state index contributed by atoms with van der Waals surface area (Å²) in [6, 6.07) is 7.10. The van der Waals surface area contributed by atoms with Gasteiger partial charge in [0.05, 0.1) is 4.90 Å². The Morgan fingerprint density at radius 3 is 2.12 bits per heavy atom. The first kappa shape index (κ1) is 13.2. The van der Waals surface area contributed by atoms with Crippen molar-refractivity contribution < 1.29 is 8.42 Å². The minimum atomic E-state index is -3.29. The third-order valence-corrected chi connectivity index (χ3v) is 4.45. The molecule has 0 fully saturated rings. The van der Waals surface area contributed by atoms with Crippen LogP contribution >= 0.6 is 0 Å². The molecule has 0 radical (unpaired) electrons. The molecular formula is C12H19NO2S. The van der Waals surface area contributed by atoms with Gasteiger partial charge in [-0.2, -0.15) is 0 Å². The smallest absolute Gasteiger partial charge is 0.207 e. The normalized spacial score (nSPS) is 12.0. The predicted octanol–water partition coefficient (Wildman–Crippen LogP) is 2.28. The van der Waals surface area contributed by atoms with Gasteiger partial charge < -0.3 is 0 Å². The van der Waals surface area contributed by atoms with Crippen molar-refractivity contribution in [3.05, 3.63) is 29.8 Å². The van der Waals surface area contributed by atoms with E-state index in [-0.39, 0.29) is 0 Å². The van der Waals surface area contributed by atoms with Gasteiger partial charge >= 0.3 is 0 Å². The number of nitrogens with zero attached hydrogens (tertiary/aromatic N) is 1. The second-order valence-corrected chi connectivity index (χ2v) is 5.87. The highest BCUT2D eigenvalue weighted by atomic mass is 32.2. The molecule has 0 saturated heterocycles. The highest BCUT2D eigenvalue weighted by Gasteiger charge is 2.19. The lowest BCUT2D eigenvalue weighted by Gasteiger charge is -2.16. The lowest BCUT2D eigenvalue weighted by Crippen LogP contribution is -2.27. The highest BCUT2D eigenvalue weighted by Crippen LogP contribution is 2.15. The van der Waals surface area contributed by atoms with E-state index in [4.69, 9.17) is 0 Å². The van der Waals surface area contributed by atoms with E-state index in [1.54, 1.807) is 19.2 Å². The van der Waals surface area contributed by atoms with Gasteiger partial charge in [0, 0.05) is 13.6 Å². The summed E-state index contributed by atoms with van der Waals surface area (Å²) < 4.78 is 25.5. The molecule has 0 aromatic heterocycles. The van der Waals surface area contributed by atoms with Crippen molar-refractivity contribution in [3.63, 3.8) is 0 Å². The zero-order valence-electron chi connectivity index (χ0n) is 10.1. The van der Waals surface area contributed by atoms with Crippen molar-refractivity contribution in [1.82, 2.24) is 4.31 Å². The maximum Gasteiger partial charge on any atom is 0.242 e. The monoisotopic (exact) mass is 241 g/mol. The van der Waals surface area contributed by atoms with Gasteiger partial charge in [-0.05, 0) is 30.5 Å². The Labute approximate surface area is 98.1 Å². The molecule has 1 aromatic rings. The molecular weight excluding hydrogens is 222 g/mol. The fourth-order valence-corrected chi connectivity index (χ4v) is 2.77. The van der Waals surface area contributed by atoms with Crippen LogP contribution < -0.4 is 0 Å². The molecule has 3 nitrogen and oxygen atoms in total. The van der Waals surface area contributed by atoms with Crippen LogP contribution in [0.1, 0.15) is 25.8 Å². The predicted molar refractivity (Wildman–Crippen MR) is 65.9 cm³/mol. The van der Waals surface area contributed by atoms with Crippen LogP contribution in [0.3, 0.4) is 0 Å². The zero-order valence-corrected chi connectivity index (χ0v) is 10.9. The zero-order chi connectivity index (χ0) is 12.2. The molecule has 0 atom stereocenters. The number of aryl methyl sites for hydroxylation is 1. The molecule has 1 aromatic carbocycles. The third-order valence-electron chi connectivity index (χ3n) is 2.58. The fourth-order valence-electron chi connectivity index (χ4n) is 1.51. The number of rotatable bonds is 5. The summed E-state index contributed by atoms with van der Waals surface area (Å²) in [5, 5.41) is 0. The van der Waals surface area contributed by atoms with Gasteiger partial charge in [0.15, 0.2) is 0 Å². The van der Waals surface area contributed by atoms with Crippen LogP contribution in [-0.2, 0) is 16.4 Å². The Hall–Kier alpha value is -0.870. The molecule has 0 unspecified atom stereocenters. The number of hydrogen-bond donors (Lipinski definition) is 0. The molecule has 0 bridgehead atoms. The Morgan fingerprint density at radius 2 is 1.69 bits per heavy atom. The number of hydrogen-bond acceptors (Lipinski definition) is 2. The molecule has 0 saturated carbocycles. The van der Waals surface area contributed by atoms with E-state index in [2.05, 4.69) is 0 Å². The van der Waals surface area contributed by atoms with Crippen molar-refractivity contribution in [1.29, 1.82) is 0 Å². The Morgan fingerprint density at radius 1 is 1.12 bits per heavy atom. The number of benzene rings is 1. The standard InChI is InChI=1S/C12H19NO2S/c1-4-10-13(3)16(14,15)12-8-6-11(5-2)7-9-12/h6-9H,4-5,10H2,1-3H3. The largest absolute Gasteiger partial charge is 0.242 e. The topological polar surface area (TPSA) is 37.4 Å². The van der Waals surface area contributed by atoms with Crippen LogP contribution in [0.4, 0.5) is 0 Å². The van der Waals surface area contributed by atoms with E-state index in [0.29, 0.717) is 11.4 Å². The molecule has 0 amide bonds. The van der Waals surface area contributed by atoms with E-state index in [9.17, 15) is 8.42 Å². The van der Waals surface area contributed by atoms with Crippen LogP contribution in [0.5, 0.6) is 0 Å². The summed E-state index contributed by atoms with van der Waals surface area (Å²) in [6.07, 6.45) is 1.74. The van der Waals surface area contributed by atoms with Crippen molar-refractivity contribution in [3.8, 4) is 0 Å². The minimum absolute atomic E-state index is 0.376. The number of sulfonamides is 1. The average molecular weight is 241 g/mol. The summed E-state index contributed by atoms with van der Waals surface area (Å²) in [7, 11) is -1.68. The van der Waals surface area contributed by atoms with Crippen LogP contribution in [0.15, 0.2) is 29.2 Å². The van der Waals surface area contributed by atoms with Crippen molar-refractivity contribution in [2.24, 2.45) is 0 Å². The van der Waals surface area contributed by atoms with Gasteiger partial charge in [-0.3, -0.25) is 0 Å². The molecule has 0 spiro atoms. The van der Waals surface area contributed by atoms with E-state index in [1.165, 1.54) is 4.31 Å². The van der Waals surface area contributed by atoms with E-state index in [0.717, 1.165) is 18.4 Å². The van der Waals surface area contributed by atoms with E-state index >= 15 is 0 Å². The third kappa shape index (κ3) is 2.83. The molecule has 0 aliphatic carbocycles. The molecule has 90 valence electrons. The summed E-state index contributed by atoms with van der Waals surface area (Å²) in [5.41, 5.74) is 1.15. The summed E-state index contributed by atoms with van der Waals surface area (Å²) >= 11 is 0. The van der Waals surface area contributed by atoms with Crippen LogP contribution in [-0.4, -0.2) is 26.3 Å². The van der Waals surface area contributed by atoms with Crippen molar-refractivity contribution >= 4 is 10.0 Å². The van der Waals surface area contributed by atoms with Gasteiger partial charge in [0.1, 0.15) is 0 Å². The quantitative estimate of drug-likeness (QED) is 0.793. The summed E-state index contributed by atoms with van der Waals surface area (Å²) in [5.74, 6) is 0. The SMILES string of the molecule is CCCN(C)S(=O)(=O)c1ccc(CC)cc1. The van der Waals surface area contributed by atoms with Crippen LogP contribution in [0.2, 0.25) is 0 Å². The maximum atomic E-state index is 12.0. The summed E-state index contributed by atoms with van der Waals surface area (Å²) in [6.45, 7) is 4.57. The molecule has 0 N–H and O–H groups in total. The maximum absolute atomic E-state index is 12.0. The molecule has 0 heterocycles. The van der Waals surface area contributed by atoms with Gasteiger partial charge in [-0.25, -0.2) is 12.7 Å². The molecule has 0 aliphatic rings. The Kier molecular flexibility index (Phi) is 4.50. The van der Waals surface area contributed by atoms with Crippen molar-refractivity contribution in [2.45, 2.75) is 31.6 Å². The molecule has 16 heavy (non-hydrogen) atoms. The molecule has 4 heteroatoms. The first-order chi connectivity index (χ1) is 7.52. The average Bonchev–Trinajstić information content (AvgIpc) is 2.29. The highest BCUT2D eigenvalue weighted by molar-refractivity contribution is 7.89. The first-order valence-corrected chi connectivity index (χ1v) is 7.01. The molecule has 0 aliphatic heterocycles. The van der Waals surface area contributed by atoms with Crippen molar-refractivity contribution in [2.75, 3.05) is 13.6 Å². The first-order valence-electron chi connectivity index (χ1n) is 5.57.